The number of halogens is 2. The molecule has 1 aliphatic heterocycles. The van der Waals surface area contributed by atoms with Crippen molar-refractivity contribution in [1.29, 1.82) is 0 Å². The van der Waals surface area contributed by atoms with E-state index >= 15 is 8.78 Å². The highest BCUT2D eigenvalue weighted by atomic mass is 19.1. The Labute approximate surface area is 232 Å². The third kappa shape index (κ3) is 4.03. The van der Waals surface area contributed by atoms with Gasteiger partial charge in [0.15, 0.2) is 5.82 Å². The lowest BCUT2D eigenvalue weighted by molar-refractivity contribution is 0.0552. The van der Waals surface area contributed by atoms with Crippen LogP contribution in [-0.2, 0) is 11.8 Å². The van der Waals surface area contributed by atoms with Crippen molar-refractivity contribution in [1.82, 2.24) is 24.5 Å². The molecule has 0 N–H and O–H groups in total. The van der Waals surface area contributed by atoms with Crippen molar-refractivity contribution in [3.05, 3.63) is 77.1 Å². The summed E-state index contributed by atoms with van der Waals surface area (Å²) in [7, 11) is 1.85. The molecule has 206 valence electrons. The molecule has 0 radical (unpaired) electrons. The summed E-state index contributed by atoms with van der Waals surface area (Å²) < 4.78 is 42.2. The van der Waals surface area contributed by atoms with Crippen LogP contribution in [0.4, 0.5) is 8.78 Å². The van der Waals surface area contributed by atoms with Crippen LogP contribution in [-0.4, -0.2) is 37.8 Å². The maximum atomic E-state index is 16.9. The number of rotatable bonds is 6. The summed E-state index contributed by atoms with van der Waals surface area (Å²) in [5.41, 5.74) is 5.58. The molecule has 0 amide bonds. The predicted molar refractivity (Wildman–Crippen MR) is 151 cm³/mol. The summed E-state index contributed by atoms with van der Waals surface area (Å²) in [5.74, 6) is -0.582. The van der Waals surface area contributed by atoms with Crippen molar-refractivity contribution in [2.75, 3.05) is 13.2 Å². The second kappa shape index (κ2) is 9.77. The van der Waals surface area contributed by atoms with Crippen molar-refractivity contribution in [3.8, 4) is 11.3 Å². The van der Waals surface area contributed by atoms with Crippen LogP contribution in [0, 0.1) is 30.4 Å². The van der Waals surface area contributed by atoms with Gasteiger partial charge >= 0.3 is 0 Å². The fourth-order valence-electron chi connectivity index (χ4n) is 6.84. The summed E-state index contributed by atoms with van der Waals surface area (Å²) in [6.45, 7) is 5.20. The van der Waals surface area contributed by atoms with Crippen LogP contribution >= 0.6 is 0 Å². The number of ether oxygens (including phenoxy) is 1. The lowest BCUT2D eigenvalue weighted by Gasteiger charge is -2.33. The standard InChI is InChI=1S/C32H33F2N5O/c1-18(20-9-10-20)27-25(33)16-24-29-26(15-23(17-35-29)30-19(2)36-37-38(30)3)39(32(24)28(27)34)31(21-7-5-4-6-8-21)22-11-13-40-14-12-22/h4-8,15-18,20,22,31H,9-14H2,1-3H3/t18?,31-/m1/s1. The molecular weight excluding hydrogens is 508 g/mol. The molecule has 2 fully saturated rings. The molecule has 7 rings (SSSR count). The molecule has 0 bridgehead atoms. The highest BCUT2D eigenvalue weighted by Crippen LogP contribution is 2.47. The Hall–Kier alpha value is -3.65. The van der Waals surface area contributed by atoms with Crippen molar-refractivity contribution in [2.24, 2.45) is 18.9 Å². The number of aryl methyl sites for hydroxylation is 2. The molecule has 4 heterocycles. The zero-order valence-corrected chi connectivity index (χ0v) is 23.1. The first kappa shape index (κ1) is 25.3. The molecule has 8 heteroatoms. The number of aromatic nitrogens is 5. The van der Waals surface area contributed by atoms with E-state index in [0.29, 0.717) is 35.6 Å². The summed E-state index contributed by atoms with van der Waals surface area (Å²) in [4.78, 5) is 4.85. The third-order valence-corrected chi connectivity index (χ3v) is 9.04. The van der Waals surface area contributed by atoms with Gasteiger partial charge in [-0.25, -0.2) is 13.5 Å². The van der Waals surface area contributed by atoms with Crippen LogP contribution in [0.2, 0.25) is 0 Å². The lowest BCUT2D eigenvalue weighted by Crippen LogP contribution is -2.27. The van der Waals surface area contributed by atoms with Crippen molar-refractivity contribution in [3.63, 3.8) is 0 Å². The molecule has 1 unspecified atom stereocenters. The van der Waals surface area contributed by atoms with Crippen LogP contribution in [0.25, 0.3) is 33.2 Å². The quantitative estimate of drug-likeness (QED) is 0.230. The van der Waals surface area contributed by atoms with Gasteiger partial charge in [0, 0.05) is 43.0 Å². The Balaban J connectivity index is 1.58. The molecule has 2 aliphatic rings. The van der Waals surface area contributed by atoms with E-state index in [4.69, 9.17) is 9.72 Å². The zero-order chi connectivity index (χ0) is 27.5. The topological polar surface area (TPSA) is 57.8 Å². The van der Waals surface area contributed by atoms with E-state index in [-0.39, 0.29) is 23.4 Å². The second-order valence-corrected chi connectivity index (χ2v) is 11.5. The van der Waals surface area contributed by atoms with E-state index in [9.17, 15) is 0 Å². The van der Waals surface area contributed by atoms with E-state index in [1.807, 2.05) is 45.2 Å². The molecule has 2 aromatic carbocycles. The van der Waals surface area contributed by atoms with Gasteiger partial charge in [0.05, 0.1) is 34.0 Å². The molecule has 6 nitrogen and oxygen atoms in total. The van der Waals surface area contributed by atoms with Crippen LogP contribution in [0.5, 0.6) is 0 Å². The van der Waals surface area contributed by atoms with E-state index in [2.05, 4.69) is 27.0 Å². The number of nitrogens with zero attached hydrogens (tertiary/aromatic N) is 5. The second-order valence-electron chi connectivity index (χ2n) is 11.5. The molecular formula is C32H33F2N5O. The minimum atomic E-state index is -0.483. The summed E-state index contributed by atoms with van der Waals surface area (Å²) in [6.07, 6.45) is 5.50. The van der Waals surface area contributed by atoms with Crippen LogP contribution in [0.1, 0.15) is 61.4 Å². The molecule has 1 saturated carbocycles. The number of hydrogen-bond donors (Lipinski definition) is 0. The largest absolute Gasteiger partial charge is 0.381 e. The molecule has 40 heavy (non-hydrogen) atoms. The first-order valence-corrected chi connectivity index (χ1v) is 14.2. The zero-order valence-electron chi connectivity index (χ0n) is 23.1. The van der Waals surface area contributed by atoms with E-state index in [0.717, 1.165) is 53.7 Å². The van der Waals surface area contributed by atoms with E-state index < -0.39 is 11.6 Å². The van der Waals surface area contributed by atoms with Crippen LogP contribution in [0.15, 0.2) is 48.7 Å². The Kier molecular flexibility index (Phi) is 6.18. The smallest absolute Gasteiger partial charge is 0.153 e. The molecule has 2 atom stereocenters. The SMILES string of the molecule is Cc1nnn(C)c1-c1cnc2c3cc(F)c(C(C)C4CC4)c(F)c3n([C@H](c3ccccc3)C3CCOCC3)c2c1. The Morgan fingerprint density at radius 1 is 1.00 bits per heavy atom. The number of hydrogen-bond acceptors (Lipinski definition) is 4. The van der Waals surface area contributed by atoms with Gasteiger partial charge in [0.1, 0.15) is 5.82 Å². The predicted octanol–water partition coefficient (Wildman–Crippen LogP) is 7.10. The van der Waals surface area contributed by atoms with Crippen molar-refractivity contribution in [2.45, 2.75) is 51.5 Å². The van der Waals surface area contributed by atoms with Gasteiger partial charge in [0.25, 0.3) is 0 Å². The van der Waals surface area contributed by atoms with E-state index in [1.54, 1.807) is 10.9 Å². The normalized spacial score (nSPS) is 18.0. The summed E-state index contributed by atoms with van der Waals surface area (Å²) in [6, 6.07) is 13.7. The summed E-state index contributed by atoms with van der Waals surface area (Å²) >= 11 is 0. The molecule has 1 aliphatic carbocycles. The Bertz CT molecular complexity index is 1700. The molecule has 3 aromatic heterocycles. The maximum Gasteiger partial charge on any atom is 0.153 e. The Morgan fingerprint density at radius 3 is 2.42 bits per heavy atom. The first-order chi connectivity index (χ1) is 19.4. The van der Waals surface area contributed by atoms with Gasteiger partial charge in [-0.05, 0) is 68.1 Å². The lowest BCUT2D eigenvalue weighted by atomic mass is 9.86. The van der Waals surface area contributed by atoms with Gasteiger partial charge < -0.3 is 9.30 Å². The average molecular weight is 542 g/mol. The molecule has 5 aromatic rings. The maximum absolute atomic E-state index is 16.9. The molecule has 1 saturated heterocycles. The molecule has 0 spiro atoms. The third-order valence-electron chi connectivity index (χ3n) is 9.04. The highest BCUT2D eigenvalue weighted by Gasteiger charge is 2.36. The average Bonchev–Trinajstić information content (AvgIpc) is 3.70. The van der Waals surface area contributed by atoms with Crippen LogP contribution in [0.3, 0.4) is 0 Å². The van der Waals surface area contributed by atoms with Gasteiger partial charge in [-0.15, -0.1) is 5.10 Å². The Morgan fingerprint density at radius 2 is 1.75 bits per heavy atom. The monoisotopic (exact) mass is 541 g/mol. The minimum absolute atomic E-state index is 0.169. The van der Waals surface area contributed by atoms with Crippen LogP contribution < -0.4 is 0 Å². The van der Waals surface area contributed by atoms with Crippen molar-refractivity contribution >= 4 is 21.9 Å². The van der Waals surface area contributed by atoms with E-state index in [1.165, 1.54) is 6.07 Å². The number of fused-ring (bicyclic) bond motifs is 3. The summed E-state index contributed by atoms with van der Waals surface area (Å²) in [5, 5.41) is 8.92. The number of pyridine rings is 1. The van der Waals surface area contributed by atoms with Gasteiger partial charge in [-0.2, -0.15) is 0 Å². The number of benzene rings is 2. The minimum Gasteiger partial charge on any atom is -0.381 e. The first-order valence-electron chi connectivity index (χ1n) is 14.2. The fourth-order valence-corrected chi connectivity index (χ4v) is 6.84. The fraction of sp³-hybridized carbons (Fsp3) is 0.406. The van der Waals surface area contributed by atoms with Gasteiger partial charge in [-0.1, -0.05) is 42.5 Å². The van der Waals surface area contributed by atoms with Gasteiger partial charge in [0.2, 0.25) is 0 Å². The van der Waals surface area contributed by atoms with Crippen molar-refractivity contribution < 1.29 is 13.5 Å². The highest BCUT2D eigenvalue weighted by molar-refractivity contribution is 6.07. The van der Waals surface area contributed by atoms with Gasteiger partial charge in [-0.3, -0.25) is 4.98 Å².